The Balaban J connectivity index is 1.46. The van der Waals surface area contributed by atoms with Gasteiger partial charge in [-0.05, 0) is 53.5 Å². The third-order valence-corrected chi connectivity index (χ3v) is 6.67. The highest BCUT2D eigenvalue weighted by Crippen LogP contribution is 2.46. The number of nitrogens with one attached hydrogen (secondary N) is 2. The van der Waals surface area contributed by atoms with Crippen LogP contribution in [0, 0.1) is 5.92 Å². The van der Waals surface area contributed by atoms with E-state index in [1.165, 1.54) is 53.6 Å². The average molecular weight is 355 g/mol. The smallest absolute Gasteiger partial charge is 0.0463 e. The minimum absolute atomic E-state index is 0.669. The molecule has 1 fully saturated rings. The Morgan fingerprint density at radius 3 is 2.93 bits per heavy atom. The van der Waals surface area contributed by atoms with E-state index in [0.29, 0.717) is 5.92 Å². The Kier molecular flexibility index (Phi) is 3.45. The van der Waals surface area contributed by atoms with Crippen molar-refractivity contribution in [1.29, 1.82) is 0 Å². The highest BCUT2D eigenvalue weighted by molar-refractivity contribution is 5.95. The number of rotatable bonds is 2. The van der Waals surface area contributed by atoms with Gasteiger partial charge >= 0.3 is 0 Å². The summed E-state index contributed by atoms with van der Waals surface area (Å²) >= 11 is 0. The van der Waals surface area contributed by atoms with E-state index in [9.17, 15) is 0 Å². The van der Waals surface area contributed by atoms with Crippen LogP contribution in [-0.4, -0.2) is 26.2 Å². The van der Waals surface area contributed by atoms with Crippen LogP contribution in [0.5, 0.6) is 0 Å². The average Bonchev–Trinajstić information content (AvgIpc) is 3.17. The van der Waals surface area contributed by atoms with E-state index in [-0.39, 0.29) is 0 Å². The van der Waals surface area contributed by atoms with Crippen LogP contribution >= 0.6 is 0 Å². The number of anilines is 3. The summed E-state index contributed by atoms with van der Waals surface area (Å²) in [7, 11) is 0. The Labute approximate surface area is 160 Å². The number of benzene rings is 3. The molecule has 0 amide bonds. The molecular formula is C24H25N3. The Morgan fingerprint density at radius 1 is 1.00 bits per heavy atom. The maximum atomic E-state index is 3.75. The zero-order valence-corrected chi connectivity index (χ0v) is 15.5. The van der Waals surface area contributed by atoms with Crippen LogP contribution in [0.3, 0.4) is 0 Å². The second-order valence-corrected chi connectivity index (χ2v) is 8.30. The van der Waals surface area contributed by atoms with E-state index in [0.717, 1.165) is 19.0 Å². The number of hydrogen-bond donors (Lipinski definition) is 2. The van der Waals surface area contributed by atoms with Crippen LogP contribution in [0.15, 0.2) is 54.6 Å². The molecule has 0 saturated carbocycles. The van der Waals surface area contributed by atoms with Gasteiger partial charge in [-0.25, -0.2) is 0 Å². The maximum Gasteiger partial charge on any atom is 0.0463 e. The van der Waals surface area contributed by atoms with Gasteiger partial charge in [0.05, 0.1) is 0 Å². The molecule has 3 aliphatic rings. The standard InChI is InChI=1S/C24H25N3/c1-2-8-20-16(5-1)6-3-9-23(20)26-19-11-17-7-4-10-27-15-18-13-25-14-22(18)21(12-19)24(17)27/h1-3,5-6,8-9,11-12,18,22,25-26H,4,7,10,13-15H2. The van der Waals surface area contributed by atoms with Gasteiger partial charge in [0, 0.05) is 54.5 Å². The fourth-order valence-corrected chi connectivity index (χ4v) is 5.47. The van der Waals surface area contributed by atoms with E-state index in [1.807, 2.05) is 0 Å². The van der Waals surface area contributed by atoms with Crippen molar-refractivity contribution in [3.8, 4) is 0 Å². The molecule has 2 atom stereocenters. The number of hydrogen-bond acceptors (Lipinski definition) is 3. The van der Waals surface area contributed by atoms with E-state index >= 15 is 0 Å². The molecule has 0 spiro atoms. The molecule has 1 saturated heterocycles. The summed E-state index contributed by atoms with van der Waals surface area (Å²) in [5.74, 6) is 1.43. The van der Waals surface area contributed by atoms with E-state index < -0.39 is 0 Å². The third kappa shape index (κ3) is 2.45. The predicted molar refractivity (Wildman–Crippen MR) is 113 cm³/mol. The first-order valence-electron chi connectivity index (χ1n) is 10.2. The highest BCUT2D eigenvalue weighted by Gasteiger charge is 2.38. The van der Waals surface area contributed by atoms with E-state index in [4.69, 9.17) is 0 Å². The molecule has 0 aromatic heterocycles. The zero-order chi connectivity index (χ0) is 17.8. The maximum absolute atomic E-state index is 3.75. The van der Waals surface area contributed by atoms with Gasteiger partial charge in [-0.1, -0.05) is 36.4 Å². The molecule has 2 N–H and O–H groups in total. The van der Waals surface area contributed by atoms with Gasteiger partial charge in [-0.15, -0.1) is 0 Å². The van der Waals surface area contributed by atoms with Gasteiger partial charge in [0.25, 0.3) is 0 Å². The molecule has 0 radical (unpaired) electrons. The minimum Gasteiger partial charge on any atom is -0.371 e. The van der Waals surface area contributed by atoms with Crippen molar-refractivity contribution in [2.45, 2.75) is 18.8 Å². The molecule has 3 aromatic carbocycles. The van der Waals surface area contributed by atoms with Crippen molar-refractivity contribution in [2.24, 2.45) is 5.92 Å². The number of aryl methyl sites for hydroxylation is 1. The normalized spacial score (nSPS) is 23.2. The molecule has 3 nitrogen and oxygen atoms in total. The predicted octanol–water partition coefficient (Wildman–Crippen LogP) is 4.65. The lowest BCUT2D eigenvalue weighted by molar-refractivity contribution is 0.470. The minimum atomic E-state index is 0.669. The number of nitrogens with zero attached hydrogens (tertiary/aromatic N) is 1. The summed E-state index contributed by atoms with van der Waals surface area (Å²) in [6, 6.07) is 20.0. The molecule has 0 aliphatic carbocycles. The van der Waals surface area contributed by atoms with Gasteiger partial charge in [-0.2, -0.15) is 0 Å². The summed E-state index contributed by atoms with van der Waals surface area (Å²) in [4.78, 5) is 2.66. The van der Waals surface area contributed by atoms with E-state index in [1.54, 1.807) is 11.3 Å². The lowest BCUT2D eigenvalue weighted by Gasteiger charge is -2.42. The van der Waals surface area contributed by atoms with Crippen LogP contribution in [-0.2, 0) is 6.42 Å². The Morgan fingerprint density at radius 2 is 1.93 bits per heavy atom. The molecule has 136 valence electrons. The SMILES string of the molecule is c1ccc2c(Nc3cc4c5c(c3)C3CNCC3CN5CCC4)cccc2c1. The number of fused-ring (bicyclic) bond motifs is 3. The van der Waals surface area contributed by atoms with Gasteiger partial charge < -0.3 is 15.5 Å². The quantitative estimate of drug-likeness (QED) is 0.700. The first-order chi connectivity index (χ1) is 13.4. The van der Waals surface area contributed by atoms with Crippen LogP contribution in [0.4, 0.5) is 17.1 Å². The first kappa shape index (κ1) is 15.5. The van der Waals surface area contributed by atoms with Crippen molar-refractivity contribution < 1.29 is 0 Å². The monoisotopic (exact) mass is 355 g/mol. The van der Waals surface area contributed by atoms with Crippen LogP contribution in [0.25, 0.3) is 10.8 Å². The van der Waals surface area contributed by atoms with Crippen LogP contribution < -0.4 is 15.5 Å². The summed E-state index contributed by atoms with van der Waals surface area (Å²) in [5, 5.41) is 9.96. The molecule has 3 heterocycles. The summed E-state index contributed by atoms with van der Waals surface area (Å²) in [6.07, 6.45) is 2.48. The third-order valence-electron chi connectivity index (χ3n) is 6.67. The van der Waals surface area contributed by atoms with Crippen LogP contribution in [0.2, 0.25) is 0 Å². The largest absolute Gasteiger partial charge is 0.371 e. The molecule has 3 aromatic rings. The molecule has 6 rings (SSSR count). The van der Waals surface area contributed by atoms with Crippen molar-refractivity contribution >= 4 is 27.8 Å². The van der Waals surface area contributed by atoms with Crippen molar-refractivity contribution in [2.75, 3.05) is 36.4 Å². The molecule has 3 aliphatic heterocycles. The second kappa shape index (κ2) is 6.00. The van der Waals surface area contributed by atoms with Crippen molar-refractivity contribution in [3.05, 3.63) is 65.7 Å². The zero-order valence-electron chi connectivity index (χ0n) is 15.5. The summed E-state index contributed by atoms with van der Waals surface area (Å²) in [6.45, 7) is 4.74. The van der Waals surface area contributed by atoms with Gasteiger partial charge in [0.1, 0.15) is 0 Å². The summed E-state index contributed by atoms with van der Waals surface area (Å²) in [5.41, 5.74) is 7.09. The molecular weight excluding hydrogens is 330 g/mol. The molecule has 2 unspecified atom stereocenters. The lowest BCUT2D eigenvalue weighted by atomic mass is 9.80. The lowest BCUT2D eigenvalue weighted by Crippen LogP contribution is -2.41. The van der Waals surface area contributed by atoms with Crippen LogP contribution in [0.1, 0.15) is 23.5 Å². The van der Waals surface area contributed by atoms with E-state index in [2.05, 4.69) is 70.1 Å². The fourth-order valence-electron chi connectivity index (χ4n) is 5.47. The van der Waals surface area contributed by atoms with Crippen molar-refractivity contribution in [1.82, 2.24) is 5.32 Å². The molecule has 27 heavy (non-hydrogen) atoms. The first-order valence-corrected chi connectivity index (χ1v) is 10.2. The second-order valence-electron chi connectivity index (χ2n) is 8.30. The van der Waals surface area contributed by atoms with Gasteiger partial charge in [0.2, 0.25) is 0 Å². The topological polar surface area (TPSA) is 27.3 Å². The summed E-state index contributed by atoms with van der Waals surface area (Å²) < 4.78 is 0. The molecule has 3 heteroatoms. The Bertz CT molecular complexity index is 1020. The van der Waals surface area contributed by atoms with Crippen molar-refractivity contribution in [3.63, 3.8) is 0 Å². The van der Waals surface area contributed by atoms with Gasteiger partial charge in [0.15, 0.2) is 0 Å². The fraction of sp³-hybridized carbons (Fsp3) is 0.333. The Hall–Kier alpha value is -2.52. The highest BCUT2D eigenvalue weighted by atomic mass is 15.2. The van der Waals surface area contributed by atoms with Gasteiger partial charge in [-0.3, -0.25) is 0 Å². The molecule has 0 bridgehead atoms.